The Kier molecular flexibility index (Phi) is 69.9. The molecular weight excluding hydrogens is 1310 g/mol. The molecule has 0 amide bonds. The number of hydrogen-bond acceptors (Lipinski definition) is 15. The van der Waals surface area contributed by atoms with Gasteiger partial charge in [0.15, 0.2) is 12.2 Å². The van der Waals surface area contributed by atoms with Crippen molar-refractivity contribution in [2.24, 2.45) is 17.8 Å². The Morgan fingerprint density at radius 1 is 0.290 bits per heavy atom. The predicted molar refractivity (Wildman–Crippen MR) is 409 cm³/mol. The zero-order valence-electron chi connectivity index (χ0n) is 65.7. The van der Waals surface area contributed by atoms with Gasteiger partial charge < -0.3 is 33.8 Å². The molecule has 0 saturated carbocycles. The molecule has 0 aliphatic heterocycles. The maximum atomic E-state index is 13.1. The molecule has 0 rings (SSSR count). The van der Waals surface area contributed by atoms with Gasteiger partial charge in [0, 0.05) is 25.7 Å². The molecule has 100 heavy (non-hydrogen) atoms. The van der Waals surface area contributed by atoms with Crippen molar-refractivity contribution in [2.75, 3.05) is 39.6 Å². The van der Waals surface area contributed by atoms with Crippen LogP contribution in [0, 0.1) is 17.8 Å². The lowest BCUT2D eigenvalue weighted by Crippen LogP contribution is -2.30. The number of carbonyl (C=O) groups excluding carboxylic acids is 4. The number of ether oxygens (including phenoxy) is 4. The van der Waals surface area contributed by atoms with Crippen molar-refractivity contribution in [3.63, 3.8) is 0 Å². The molecule has 0 saturated heterocycles. The fourth-order valence-electron chi connectivity index (χ4n) is 12.4. The SMILES string of the molecule is CCCCCCCCCCC(=O)OC[C@H](COP(=O)(O)OC[C@H](O)COP(=O)(O)OC[C@@H](COC(=O)CCCCCCCCCCCCCCCCC(C)CC)OC(=O)CCCCCCCCCCCCCCCCC(C)CC)OC(=O)CCCCCCCCCCCCCCCC(C)C. The molecule has 0 bridgehead atoms. The van der Waals surface area contributed by atoms with Gasteiger partial charge in [-0.25, -0.2) is 9.13 Å². The first-order chi connectivity index (χ1) is 48.3. The molecule has 3 N–H and O–H groups in total. The van der Waals surface area contributed by atoms with Gasteiger partial charge in [0.05, 0.1) is 26.4 Å². The zero-order valence-corrected chi connectivity index (χ0v) is 67.5. The van der Waals surface area contributed by atoms with Crippen LogP contribution in [0.1, 0.15) is 421 Å². The summed E-state index contributed by atoms with van der Waals surface area (Å²) >= 11 is 0. The highest BCUT2D eigenvalue weighted by atomic mass is 31.2. The number of unbranched alkanes of at least 4 members (excludes halogenated alkanes) is 45. The second kappa shape index (κ2) is 71.3. The summed E-state index contributed by atoms with van der Waals surface area (Å²) in [5, 5.41) is 10.6. The minimum absolute atomic E-state index is 0.107. The number of hydrogen-bond donors (Lipinski definition) is 3. The van der Waals surface area contributed by atoms with Crippen LogP contribution in [0.25, 0.3) is 0 Å². The van der Waals surface area contributed by atoms with Crippen molar-refractivity contribution >= 4 is 39.5 Å². The van der Waals surface area contributed by atoms with Crippen LogP contribution in [0.4, 0.5) is 0 Å². The van der Waals surface area contributed by atoms with Gasteiger partial charge in [0.2, 0.25) is 0 Å². The summed E-state index contributed by atoms with van der Waals surface area (Å²) in [6, 6.07) is 0. The van der Waals surface area contributed by atoms with E-state index < -0.39 is 97.5 Å². The quantitative estimate of drug-likeness (QED) is 0.0222. The highest BCUT2D eigenvalue weighted by molar-refractivity contribution is 7.47. The van der Waals surface area contributed by atoms with Crippen molar-refractivity contribution in [2.45, 2.75) is 439 Å². The van der Waals surface area contributed by atoms with Crippen LogP contribution in [-0.4, -0.2) is 96.7 Å². The summed E-state index contributed by atoms with van der Waals surface area (Å²) in [6.07, 6.45) is 59.5. The van der Waals surface area contributed by atoms with E-state index in [9.17, 15) is 43.2 Å². The minimum atomic E-state index is -4.96. The van der Waals surface area contributed by atoms with E-state index in [1.54, 1.807) is 0 Å². The van der Waals surface area contributed by atoms with Gasteiger partial charge in [-0.15, -0.1) is 0 Å². The Morgan fingerprint density at radius 2 is 0.510 bits per heavy atom. The normalized spacial score (nSPS) is 14.5. The lowest BCUT2D eigenvalue weighted by molar-refractivity contribution is -0.161. The lowest BCUT2D eigenvalue weighted by atomic mass is 9.99. The van der Waals surface area contributed by atoms with E-state index in [4.69, 9.17) is 37.0 Å². The van der Waals surface area contributed by atoms with E-state index in [2.05, 4.69) is 48.5 Å². The van der Waals surface area contributed by atoms with Crippen molar-refractivity contribution in [3.05, 3.63) is 0 Å². The molecule has 0 aromatic rings. The van der Waals surface area contributed by atoms with E-state index >= 15 is 0 Å². The Balaban J connectivity index is 5.21. The Morgan fingerprint density at radius 3 is 0.760 bits per heavy atom. The predicted octanol–water partition coefficient (Wildman–Crippen LogP) is 24.1. The number of esters is 4. The van der Waals surface area contributed by atoms with Crippen LogP contribution in [0.15, 0.2) is 0 Å². The van der Waals surface area contributed by atoms with Crippen molar-refractivity contribution < 1.29 is 80.2 Å². The van der Waals surface area contributed by atoms with Gasteiger partial charge in [0.1, 0.15) is 19.3 Å². The first-order valence-corrected chi connectivity index (χ1v) is 44.9. The number of aliphatic hydroxyl groups excluding tert-OH is 1. The standard InChI is InChI=1S/C81H158O17P2/c1-8-11-12-13-14-41-48-55-62-78(83)91-68-76(97-80(85)65-58-51-44-37-31-25-19-20-26-32-38-45-52-59-72(4)5)70-95-99(87,88)93-66-75(82)67-94-100(89,90)96-71-77(98-81(86)64-57-50-43-36-30-24-18-16-22-28-34-40-47-54-61-74(7)10-3)69-92-79(84)63-56-49-42-35-29-23-17-15-21-27-33-39-46-53-60-73(6)9-2/h72-77,82H,8-71H2,1-7H3,(H,87,88)(H,89,90)/t73?,74?,75-,76+,77+/m0/s1. The second-order valence-electron chi connectivity index (χ2n) is 30.1. The van der Waals surface area contributed by atoms with Crippen molar-refractivity contribution in [1.29, 1.82) is 0 Å². The fraction of sp³-hybridized carbons (Fsp3) is 0.951. The van der Waals surface area contributed by atoms with Crippen molar-refractivity contribution in [1.82, 2.24) is 0 Å². The van der Waals surface area contributed by atoms with Crippen molar-refractivity contribution in [3.8, 4) is 0 Å². The zero-order chi connectivity index (χ0) is 73.7. The van der Waals surface area contributed by atoms with Crippen LogP contribution in [0.2, 0.25) is 0 Å². The number of carbonyl (C=O) groups is 4. The van der Waals surface area contributed by atoms with Gasteiger partial charge in [-0.3, -0.25) is 37.3 Å². The van der Waals surface area contributed by atoms with Gasteiger partial charge in [-0.1, -0.05) is 370 Å². The Bertz CT molecular complexity index is 1940. The van der Waals surface area contributed by atoms with Crippen LogP contribution in [0.3, 0.4) is 0 Å². The molecule has 17 nitrogen and oxygen atoms in total. The number of rotatable bonds is 79. The summed E-state index contributed by atoms with van der Waals surface area (Å²) in [5.41, 5.74) is 0. The minimum Gasteiger partial charge on any atom is -0.462 e. The van der Waals surface area contributed by atoms with Crippen LogP contribution in [0.5, 0.6) is 0 Å². The first-order valence-electron chi connectivity index (χ1n) is 41.9. The highest BCUT2D eigenvalue weighted by Gasteiger charge is 2.30. The summed E-state index contributed by atoms with van der Waals surface area (Å²) in [4.78, 5) is 73.0. The van der Waals surface area contributed by atoms with E-state index in [1.807, 2.05) is 0 Å². The summed E-state index contributed by atoms with van der Waals surface area (Å²) in [5.74, 6) is 0.370. The van der Waals surface area contributed by atoms with E-state index in [1.165, 1.54) is 225 Å². The average Bonchev–Trinajstić information content (AvgIpc) is 0.921. The van der Waals surface area contributed by atoms with Crippen LogP contribution >= 0.6 is 15.6 Å². The first kappa shape index (κ1) is 98.1. The molecule has 19 heteroatoms. The topological polar surface area (TPSA) is 237 Å². The molecule has 0 spiro atoms. The van der Waals surface area contributed by atoms with Crippen LogP contribution < -0.4 is 0 Å². The molecule has 0 aromatic carbocycles. The molecule has 0 aliphatic carbocycles. The van der Waals surface area contributed by atoms with Gasteiger partial charge in [-0.05, 0) is 43.4 Å². The van der Waals surface area contributed by atoms with Gasteiger partial charge in [-0.2, -0.15) is 0 Å². The fourth-order valence-corrected chi connectivity index (χ4v) is 14.0. The third kappa shape index (κ3) is 71.7. The van der Waals surface area contributed by atoms with Gasteiger partial charge in [0.25, 0.3) is 0 Å². The summed E-state index contributed by atoms with van der Waals surface area (Å²) in [6.45, 7) is 12.0. The highest BCUT2D eigenvalue weighted by Crippen LogP contribution is 2.45. The lowest BCUT2D eigenvalue weighted by Gasteiger charge is -2.21. The van der Waals surface area contributed by atoms with Gasteiger partial charge >= 0.3 is 39.5 Å². The smallest absolute Gasteiger partial charge is 0.462 e. The molecule has 594 valence electrons. The third-order valence-corrected chi connectivity index (χ3v) is 21.5. The maximum Gasteiger partial charge on any atom is 0.472 e. The summed E-state index contributed by atoms with van der Waals surface area (Å²) < 4.78 is 68.7. The molecule has 0 heterocycles. The van der Waals surface area contributed by atoms with Crippen LogP contribution in [-0.2, 0) is 65.4 Å². The largest absolute Gasteiger partial charge is 0.472 e. The number of aliphatic hydroxyl groups is 1. The van der Waals surface area contributed by atoms with E-state index in [0.29, 0.717) is 25.7 Å². The molecular formula is C81H158O17P2. The Hall–Kier alpha value is -1.94. The number of phosphoric acid groups is 2. The third-order valence-electron chi connectivity index (χ3n) is 19.6. The van der Waals surface area contributed by atoms with E-state index in [-0.39, 0.29) is 25.7 Å². The molecule has 0 aliphatic rings. The molecule has 4 unspecified atom stereocenters. The molecule has 0 fully saturated rings. The number of phosphoric ester groups is 2. The average molecular weight is 1470 g/mol. The summed E-state index contributed by atoms with van der Waals surface area (Å²) in [7, 11) is -9.92. The Labute approximate surface area is 613 Å². The molecule has 7 atom stereocenters. The monoisotopic (exact) mass is 1470 g/mol. The maximum absolute atomic E-state index is 13.1. The molecule has 0 aromatic heterocycles. The molecule has 0 radical (unpaired) electrons. The second-order valence-corrected chi connectivity index (χ2v) is 33.0. The van der Waals surface area contributed by atoms with E-state index in [0.717, 1.165) is 114 Å².